The molecule has 3 rings (SSSR count). The van der Waals surface area contributed by atoms with Gasteiger partial charge < -0.3 is 4.90 Å². The standard InChI is InChI=1S/C19H21N3OS/c1-13-6-7-15-10-16(11-20)19(21-18(15)14(13)2)24-12-17(23)22-8-4-3-5-9-22/h6-7,10H,3-5,8-9,12H2,1-2H3. The van der Waals surface area contributed by atoms with E-state index in [4.69, 9.17) is 4.98 Å². The van der Waals surface area contributed by atoms with Crippen molar-refractivity contribution in [1.29, 1.82) is 5.26 Å². The minimum absolute atomic E-state index is 0.145. The van der Waals surface area contributed by atoms with E-state index in [1.165, 1.54) is 23.7 Å². The number of amides is 1. The molecule has 0 spiro atoms. The maximum absolute atomic E-state index is 12.4. The molecule has 24 heavy (non-hydrogen) atoms. The molecule has 0 atom stereocenters. The average molecular weight is 339 g/mol. The van der Waals surface area contributed by atoms with E-state index in [1.807, 2.05) is 30.0 Å². The van der Waals surface area contributed by atoms with Crippen LogP contribution in [0, 0.1) is 25.2 Å². The van der Waals surface area contributed by atoms with Crippen molar-refractivity contribution < 1.29 is 4.79 Å². The van der Waals surface area contributed by atoms with Gasteiger partial charge in [0, 0.05) is 18.5 Å². The summed E-state index contributed by atoms with van der Waals surface area (Å²) in [6.45, 7) is 5.81. The molecule has 1 aliphatic heterocycles. The number of nitriles is 1. The number of fused-ring (bicyclic) bond motifs is 1. The van der Waals surface area contributed by atoms with Crippen LogP contribution in [0.1, 0.15) is 36.0 Å². The van der Waals surface area contributed by atoms with Gasteiger partial charge in [-0.2, -0.15) is 5.26 Å². The minimum atomic E-state index is 0.145. The monoisotopic (exact) mass is 339 g/mol. The van der Waals surface area contributed by atoms with Crippen molar-refractivity contribution >= 4 is 28.6 Å². The van der Waals surface area contributed by atoms with E-state index < -0.39 is 0 Å². The lowest BCUT2D eigenvalue weighted by Crippen LogP contribution is -2.36. The van der Waals surface area contributed by atoms with Crippen molar-refractivity contribution in [2.45, 2.75) is 38.1 Å². The molecule has 1 saturated heterocycles. The van der Waals surface area contributed by atoms with Crippen molar-refractivity contribution in [3.05, 3.63) is 34.9 Å². The van der Waals surface area contributed by atoms with E-state index in [0.717, 1.165) is 42.4 Å². The molecule has 2 aromatic rings. The fourth-order valence-corrected chi connectivity index (χ4v) is 3.88. The number of likely N-dealkylation sites (tertiary alicyclic amines) is 1. The van der Waals surface area contributed by atoms with Crippen molar-refractivity contribution in [2.75, 3.05) is 18.8 Å². The first-order valence-electron chi connectivity index (χ1n) is 8.32. The second-order valence-electron chi connectivity index (χ2n) is 6.26. The number of piperidine rings is 1. The van der Waals surface area contributed by atoms with Crippen LogP contribution >= 0.6 is 11.8 Å². The van der Waals surface area contributed by atoms with Crippen LogP contribution in [0.5, 0.6) is 0 Å². The van der Waals surface area contributed by atoms with Gasteiger partial charge in [0.05, 0.1) is 16.8 Å². The van der Waals surface area contributed by atoms with E-state index in [-0.39, 0.29) is 5.91 Å². The van der Waals surface area contributed by atoms with E-state index in [1.54, 1.807) is 0 Å². The summed E-state index contributed by atoms with van der Waals surface area (Å²) < 4.78 is 0. The van der Waals surface area contributed by atoms with Gasteiger partial charge in [0.25, 0.3) is 0 Å². The average Bonchev–Trinajstić information content (AvgIpc) is 2.63. The Kier molecular flexibility index (Phi) is 5.06. The fourth-order valence-electron chi connectivity index (χ4n) is 3.02. The van der Waals surface area contributed by atoms with Crippen LogP contribution in [0.4, 0.5) is 0 Å². The highest BCUT2D eigenvalue weighted by Gasteiger charge is 2.18. The smallest absolute Gasteiger partial charge is 0.232 e. The minimum Gasteiger partial charge on any atom is -0.342 e. The Hall–Kier alpha value is -2.06. The molecule has 124 valence electrons. The number of carbonyl (C=O) groups is 1. The third-order valence-electron chi connectivity index (χ3n) is 4.64. The maximum Gasteiger partial charge on any atom is 0.232 e. The number of rotatable bonds is 3. The quantitative estimate of drug-likeness (QED) is 0.798. The van der Waals surface area contributed by atoms with Crippen molar-refractivity contribution in [3.63, 3.8) is 0 Å². The first kappa shape index (κ1) is 16.8. The number of nitrogens with zero attached hydrogens (tertiary/aromatic N) is 3. The van der Waals surface area contributed by atoms with Crippen LogP contribution in [0.3, 0.4) is 0 Å². The molecule has 5 heteroatoms. The Bertz CT molecular complexity index is 819. The summed E-state index contributed by atoms with van der Waals surface area (Å²) >= 11 is 1.38. The molecular formula is C19H21N3OS. The number of aryl methyl sites for hydroxylation is 2. The second-order valence-corrected chi connectivity index (χ2v) is 7.23. The topological polar surface area (TPSA) is 57.0 Å². The Morgan fingerprint density at radius 2 is 2.04 bits per heavy atom. The number of hydrogen-bond donors (Lipinski definition) is 0. The van der Waals surface area contributed by atoms with Gasteiger partial charge in [0.1, 0.15) is 11.1 Å². The predicted octanol–water partition coefficient (Wildman–Crippen LogP) is 3.83. The van der Waals surface area contributed by atoms with Crippen molar-refractivity contribution in [1.82, 2.24) is 9.88 Å². The molecular weight excluding hydrogens is 318 g/mol. The fraction of sp³-hybridized carbons (Fsp3) is 0.421. The van der Waals surface area contributed by atoms with Crippen LogP contribution in [-0.4, -0.2) is 34.6 Å². The summed E-state index contributed by atoms with van der Waals surface area (Å²) in [5, 5.41) is 11.0. The van der Waals surface area contributed by atoms with Gasteiger partial charge in [-0.15, -0.1) is 0 Å². The van der Waals surface area contributed by atoms with Gasteiger partial charge in [-0.05, 0) is 50.3 Å². The molecule has 0 unspecified atom stereocenters. The summed E-state index contributed by atoms with van der Waals surface area (Å²) in [6, 6.07) is 8.14. The normalized spacial score (nSPS) is 14.6. The van der Waals surface area contributed by atoms with Gasteiger partial charge in [0.2, 0.25) is 5.91 Å². The maximum atomic E-state index is 12.4. The SMILES string of the molecule is Cc1ccc2cc(C#N)c(SCC(=O)N3CCCCC3)nc2c1C. The van der Waals surface area contributed by atoms with E-state index in [9.17, 15) is 10.1 Å². The van der Waals surface area contributed by atoms with Crippen LogP contribution in [-0.2, 0) is 4.79 Å². The van der Waals surface area contributed by atoms with Crippen molar-refractivity contribution in [3.8, 4) is 6.07 Å². The molecule has 0 N–H and O–H groups in total. The zero-order chi connectivity index (χ0) is 17.1. The number of aromatic nitrogens is 1. The van der Waals surface area contributed by atoms with E-state index in [0.29, 0.717) is 16.3 Å². The third kappa shape index (κ3) is 3.39. The number of benzene rings is 1. The zero-order valence-corrected chi connectivity index (χ0v) is 14.9. The Morgan fingerprint density at radius 1 is 1.29 bits per heavy atom. The lowest BCUT2D eigenvalue weighted by Gasteiger charge is -2.26. The van der Waals surface area contributed by atoms with Crippen LogP contribution in [0.15, 0.2) is 23.2 Å². The van der Waals surface area contributed by atoms with Crippen molar-refractivity contribution in [2.24, 2.45) is 0 Å². The molecule has 0 bridgehead atoms. The Labute approximate surface area is 146 Å². The number of thioether (sulfide) groups is 1. The van der Waals surface area contributed by atoms with Gasteiger partial charge >= 0.3 is 0 Å². The molecule has 0 radical (unpaired) electrons. The molecule has 0 aliphatic carbocycles. The molecule has 1 aromatic carbocycles. The van der Waals surface area contributed by atoms with Gasteiger partial charge in [-0.1, -0.05) is 23.9 Å². The molecule has 1 amide bonds. The van der Waals surface area contributed by atoms with Crippen LogP contribution in [0.2, 0.25) is 0 Å². The number of pyridine rings is 1. The Morgan fingerprint density at radius 3 is 2.75 bits per heavy atom. The highest BCUT2D eigenvalue weighted by molar-refractivity contribution is 8.00. The van der Waals surface area contributed by atoms with E-state index >= 15 is 0 Å². The van der Waals surface area contributed by atoms with Gasteiger partial charge in [0.15, 0.2) is 0 Å². The summed E-state index contributed by atoms with van der Waals surface area (Å²) in [5.41, 5.74) is 3.77. The van der Waals surface area contributed by atoms with Crippen LogP contribution in [0.25, 0.3) is 10.9 Å². The molecule has 4 nitrogen and oxygen atoms in total. The highest BCUT2D eigenvalue weighted by Crippen LogP contribution is 2.28. The lowest BCUT2D eigenvalue weighted by atomic mass is 10.0. The number of carbonyl (C=O) groups excluding carboxylic acids is 1. The predicted molar refractivity (Wildman–Crippen MR) is 97.1 cm³/mol. The van der Waals surface area contributed by atoms with Crippen LogP contribution < -0.4 is 0 Å². The summed E-state index contributed by atoms with van der Waals surface area (Å²) in [5.74, 6) is 0.490. The Balaban J connectivity index is 1.84. The van der Waals surface area contributed by atoms with Gasteiger partial charge in [-0.3, -0.25) is 4.79 Å². The zero-order valence-electron chi connectivity index (χ0n) is 14.1. The molecule has 2 heterocycles. The summed E-state index contributed by atoms with van der Waals surface area (Å²) in [7, 11) is 0. The molecule has 1 aliphatic rings. The summed E-state index contributed by atoms with van der Waals surface area (Å²) in [4.78, 5) is 19.0. The highest BCUT2D eigenvalue weighted by atomic mass is 32.2. The molecule has 0 saturated carbocycles. The largest absolute Gasteiger partial charge is 0.342 e. The summed E-state index contributed by atoms with van der Waals surface area (Å²) in [6.07, 6.45) is 3.39. The first-order valence-corrected chi connectivity index (χ1v) is 9.30. The van der Waals surface area contributed by atoms with E-state index in [2.05, 4.69) is 13.0 Å². The molecule has 1 fully saturated rings. The lowest BCUT2D eigenvalue weighted by molar-refractivity contribution is -0.129. The second kappa shape index (κ2) is 7.23. The molecule has 1 aromatic heterocycles. The third-order valence-corrected chi connectivity index (χ3v) is 5.61. The number of hydrogen-bond acceptors (Lipinski definition) is 4. The van der Waals surface area contributed by atoms with Gasteiger partial charge in [-0.25, -0.2) is 4.98 Å². The first-order chi connectivity index (χ1) is 11.6.